The Morgan fingerprint density at radius 3 is 2.83 bits per heavy atom. The number of hydrogen-bond acceptors (Lipinski definition) is 4. The zero-order chi connectivity index (χ0) is 15.5. The van der Waals surface area contributed by atoms with Crippen molar-refractivity contribution in [2.24, 2.45) is 0 Å². The number of aromatic nitrogens is 1. The number of ketones is 1. The minimum absolute atomic E-state index is 0. The number of carbonyl (C=O) groups excluding carboxylic acids is 1. The maximum atomic E-state index is 12.6. The highest BCUT2D eigenvalue weighted by molar-refractivity contribution is 5.98. The molecule has 23 heavy (non-hydrogen) atoms. The van der Waals surface area contributed by atoms with Gasteiger partial charge in [-0.15, -0.1) is 0 Å². The van der Waals surface area contributed by atoms with E-state index in [9.17, 15) is 4.79 Å². The number of halogens is 1. The van der Waals surface area contributed by atoms with E-state index in [1.807, 2.05) is 16.8 Å². The van der Waals surface area contributed by atoms with Crippen molar-refractivity contribution in [3.05, 3.63) is 47.7 Å². The van der Waals surface area contributed by atoms with Crippen LogP contribution in [0.4, 0.5) is 5.82 Å². The number of methoxy groups -OCH3 is 2. The summed E-state index contributed by atoms with van der Waals surface area (Å²) in [7, 11) is 3.14. The molecule has 5 nitrogen and oxygen atoms in total. The van der Waals surface area contributed by atoms with Gasteiger partial charge in [0.15, 0.2) is 6.54 Å². The lowest BCUT2D eigenvalue weighted by Gasteiger charge is -2.10. The highest BCUT2D eigenvalue weighted by Crippen LogP contribution is 2.25. The van der Waals surface area contributed by atoms with Crippen LogP contribution >= 0.6 is 0 Å². The van der Waals surface area contributed by atoms with Crippen molar-refractivity contribution in [2.75, 3.05) is 26.1 Å². The van der Waals surface area contributed by atoms with Gasteiger partial charge in [-0.05, 0) is 24.3 Å². The van der Waals surface area contributed by atoms with Crippen LogP contribution in [0.5, 0.6) is 11.5 Å². The molecule has 0 fully saturated rings. The van der Waals surface area contributed by atoms with Gasteiger partial charge < -0.3 is 26.5 Å². The number of hydrogen-bond donors (Lipinski definition) is 1. The summed E-state index contributed by atoms with van der Waals surface area (Å²) in [5, 5.41) is 3.33. The van der Waals surface area contributed by atoms with Crippen LogP contribution in [0.2, 0.25) is 0 Å². The third-order valence-electron chi connectivity index (χ3n) is 3.86. The molecule has 0 amide bonds. The first-order chi connectivity index (χ1) is 10.7. The monoisotopic (exact) mass is 378 g/mol. The van der Waals surface area contributed by atoms with E-state index in [4.69, 9.17) is 9.47 Å². The SMILES string of the molecule is COc1ccc(C(=O)C[n+]2cccc3c2NCC3)c(OC)c1.[Br-]. The molecule has 1 aliphatic rings. The first-order valence-corrected chi connectivity index (χ1v) is 7.23. The standard InChI is InChI=1S/C17H18N2O3.BrH/c1-21-13-5-6-14(16(10-13)22-2)15(20)11-19-9-3-4-12-7-8-18-17(12)19;/h3-6,9-10H,7-8,11H2,1-2H3;1H. The number of carbonyl (C=O) groups is 1. The van der Waals surface area contributed by atoms with Crippen molar-refractivity contribution in [1.29, 1.82) is 0 Å². The van der Waals surface area contributed by atoms with Crippen molar-refractivity contribution in [1.82, 2.24) is 0 Å². The van der Waals surface area contributed by atoms with E-state index in [0.29, 0.717) is 17.1 Å². The normalized spacial score (nSPS) is 11.9. The van der Waals surface area contributed by atoms with Crippen molar-refractivity contribution in [3.8, 4) is 11.5 Å². The molecule has 0 aliphatic carbocycles. The molecular weight excluding hydrogens is 360 g/mol. The molecule has 3 rings (SSSR count). The number of Topliss-reactive ketones (excluding diaryl/α,β-unsaturated/α-hetero) is 1. The lowest BCUT2D eigenvalue weighted by Crippen LogP contribution is -3.00. The number of pyridine rings is 1. The molecule has 1 aliphatic heterocycles. The zero-order valence-corrected chi connectivity index (χ0v) is 14.7. The van der Waals surface area contributed by atoms with Crippen LogP contribution in [-0.4, -0.2) is 26.5 Å². The molecule has 0 unspecified atom stereocenters. The summed E-state index contributed by atoms with van der Waals surface area (Å²) in [6, 6.07) is 9.31. The van der Waals surface area contributed by atoms with E-state index in [-0.39, 0.29) is 29.3 Å². The molecule has 2 heterocycles. The molecule has 2 aromatic rings. The molecule has 1 N–H and O–H groups in total. The number of ether oxygens (including phenoxy) is 2. The lowest BCUT2D eigenvalue weighted by atomic mass is 10.1. The lowest BCUT2D eigenvalue weighted by molar-refractivity contribution is -0.669. The Morgan fingerprint density at radius 2 is 2.09 bits per heavy atom. The molecule has 0 spiro atoms. The second-order valence-electron chi connectivity index (χ2n) is 5.18. The molecule has 1 aromatic heterocycles. The first kappa shape index (κ1) is 17.3. The fraction of sp³-hybridized carbons (Fsp3) is 0.294. The van der Waals surface area contributed by atoms with Gasteiger partial charge in [-0.1, -0.05) is 0 Å². The average molecular weight is 379 g/mol. The van der Waals surface area contributed by atoms with Crippen LogP contribution in [0.1, 0.15) is 15.9 Å². The summed E-state index contributed by atoms with van der Waals surface area (Å²) < 4.78 is 12.4. The van der Waals surface area contributed by atoms with Gasteiger partial charge in [-0.25, -0.2) is 4.57 Å². The molecule has 0 atom stereocenters. The number of nitrogens with one attached hydrogen (secondary N) is 1. The Bertz CT molecular complexity index is 719. The number of benzene rings is 1. The molecule has 0 radical (unpaired) electrons. The fourth-order valence-electron chi connectivity index (χ4n) is 2.73. The second-order valence-corrected chi connectivity index (χ2v) is 5.18. The Hall–Kier alpha value is -2.08. The summed E-state index contributed by atoms with van der Waals surface area (Å²) in [6.07, 6.45) is 2.92. The first-order valence-electron chi connectivity index (χ1n) is 7.23. The molecule has 0 bridgehead atoms. The van der Waals surface area contributed by atoms with Gasteiger partial charge >= 0.3 is 0 Å². The average Bonchev–Trinajstić information content (AvgIpc) is 3.03. The number of anilines is 1. The molecule has 0 saturated heterocycles. The van der Waals surface area contributed by atoms with Crippen molar-refractivity contribution in [2.45, 2.75) is 13.0 Å². The van der Waals surface area contributed by atoms with Crippen LogP contribution in [0.3, 0.4) is 0 Å². The molecule has 122 valence electrons. The number of fused-ring (bicyclic) bond motifs is 1. The van der Waals surface area contributed by atoms with Gasteiger partial charge in [0.1, 0.15) is 11.5 Å². The maximum Gasteiger partial charge on any atom is 0.278 e. The third kappa shape index (κ3) is 3.47. The van der Waals surface area contributed by atoms with Crippen LogP contribution in [0, 0.1) is 0 Å². The van der Waals surface area contributed by atoms with Gasteiger partial charge in [-0.2, -0.15) is 0 Å². The summed E-state index contributed by atoms with van der Waals surface area (Å²) >= 11 is 0. The van der Waals surface area contributed by atoms with Crippen LogP contribution < -0.4 is 36.3 Å². The van der Waals surface area contributed by atoms with Gasteiger partial charge in [-0.3, -0.25) is 10.1 Å². The molecule has 6 heteroatoms. The van der Waals surface area contributed by atoms with Crippen molar-refractivity contribution in [3.63, 3.8) is 0 Å². The zero-order valence-electron chi connectivity index (χ0n) is 13.1. The quantitative estimate of drug-likeness (QED) is 0.527. The van der Waals surface area contributed by atoms with Gasteiger partial charge in [0, 0.05) is 18.1 Å². The number of rotatable bonds is 5. The van der Waals surface area contributed by atoms with E-state index in [2.05, 4.69) is 11.4 Å². The molecule has 1 aromatic carbocycles. The van der Waals surface area contributed by atoms with Gasteiger partial charge in [0.2, 0.25) is 5.78 Å². The van der Waals surface area contributed by atoms with Crippen molar-refractivity contribution >= 4 is 11.6 Å². The van der Waals surface area contributed by atoms with Crippen LogP contribution in [0.25, 0.3) is 0 Å². The third-order valence-corrected chi connectivity index (χ3v) is 3.86. The van der Waals surface area contributed by atoms with Gasteiger partial charge in [0.25, 0.3) is 5.82 Å². The van der Waals surface area contributed by atoms with E-state index >= 15 is 0 Å². The van der Waals surface area contributed by atoms with E-state index in [1.54, 1.807) is 32.4 Å². The fourth-order valence-corrected chi connectivity index (χ4v) is 2.73. The highest BCUT2D eigenvalue weighted by Gasteiger charge is 2.23. The summed E-state index contributed by atoms with van der Waals surface area (Å²) in [5.41, 5.74) is 1.81. The Labute approximate surface area is 146 Å². The van der Waals surface area contributed by atoms with E-state index < -0.39 is 0 Å². The molecule has 0 saturated carbocycles. The predicted octanol–water partition coefficient (Wildman–Crippen LogP) is -1.15. The van der Waals surface area contributed by atoms with E-state index in [1.165, 1.54) is 5.56 Å². The summed E-state index contributed by atoms with van der Waals surface area (Å²) in [6.45, 7) is 1.19. The van der Waals surface area contributed by atoms with E-state index in [0.717, 1.165) is 18.8 Å². The Kier molecular flexibility index (Phi) is 5.60. The van der Waals surface area contributed by atoms with Crippen LogP contribution in [-0.2, 0) is 13.0 Å². The van der Waals surface area contributed by atoms with Crippen LogP contribution in [0.15, 0.2) is 36.5 Å². The minimum Gasteiger partial charge on any atom is -1.00 e. The largest absolute Gasteiger partial charge is 1.00 e. The molecular formula is C17H19BrN2O3. The van der Waals surface area contributed by atoms with Gasteiger partial charge in [0.05, 0.1) is 32.5 Å². The predicted molar refractivity (Wildman–Crippen MR) is 82.7 cm³/mol. The smallest absolute Gasteiger partial charge is 0.278 e. The topological polar surface area (TPSA) is 51.4 Å². The second kappa shape index (κ2) is 7.46. The minimum atomic E-state index is 0. The maximum absolute atomic E-state index is 12.6. The summed E-state index contributed by atoms with van der Waals surface area (Å²) in [5.74, 6) is 2.24. The summed E-state index contributed by atoms with van der Waals surface area (Å²) in [4.78, 5) is 12.6. The number of nitrogens with zero attached hydrogens (tertiary/aromatic N) is 1. The van der Waals surface area contributed by atoms with Crippen molar-refractivity contribution < 1.29 is 35.8 Å². The Morgan fingerprint density at radius 1 is 1.26 bits per heavy atom. The highest BCUT2D eigenvalue weighted by atomic mass is 79.9. The Balaban J connectivity index is 0.00000192.